The average molecular weight is 482 g/mol. The smallest absolute Gasteiger partial charge is 0.328 e. The van der Waals surface area contributed by atoms with Gasteiger partial charge in [0.05, 0.1) is 11.4 Å². The minimum Gasteiger partial charge on any atom is -0.494 e. The molecule has 1 aromatic heterocycles. The van der Waals surface area contributed by atoms with Gasteiger partial charge in [-0.2, -0.15) is 0 Å². The molecule has 0 spiro atoms. The van der Waals surface area contributed by atoms with Crippen LogP contribution < -0.4 is 11.2 Å². The molecule has 1 aliphatic heterocycles. The van der Waals surface area contributed by atoms with Gasteiger partial charge in [0, 0.05) is 21.7 Å². The highest BCUT2D eigenvalue weighted by Gasteiger charge is 2.22. The van der Waals surface area contributed by atoms with Gasteiger partial charge in [0.15, 0.2) is 0 Å². The van der Waals surface area contributed by atoms with Crippen LogP contribution in [0.3, 0.4) is 0 Å². The lowest BCUT2D eigenvalue weighted by atomic mass is 9.94. The van der Waals surface area contributed by atoms with E-state index in [0.29, 0.717) is 16.2 Å². The lowest BCUT2D eigenvalue weighted by molar-refractivity contribution is 0.446. The Morgan fingerprint density at radius 1 is 0.971 bits per heavy atom. The number of aromatic amines is 2. The van der Waals surface area contributed by atoms with Crippen LogP contribution in [0.25, 0.3) is 11.1 Å². The molecule has 3 aromatic carbocycles. The number of aliphatic imine (C=N–C) groups is 1. The van der Waals surface area contributed by atoms with Crippen LogP contribution in [0.15, 0.2) is 99.5 Å². The van der Waals surface area contributed by atoms with E-state index in [0.717, 1.165) is 33.7 Å². The first-order valence-electron chi connectivity index (χ1n) is 10.9. The second kappa shape index (κ2) is 9.08. The molecule has 4 aromatic rings. The van der Waals surface area contributed by atoms with Crippen LogP contribution in [-0.2, 0) is 0 Å². The average Bonchev–Trinajstić information content (AvgIpc) is 3.19. The Morgan fingerprint density at radius 3 is 2.43 bits per heavy atom. The second-order valence-corrected chi connectivity index (χ2v) is 8.58. The van der Waals surface area contributed by atoms with Crippen molar-refractivity contribution in [3.8, 4) is 5.88 Å². The molecule has 1 aliphatic rings. The lowest BCUT2D eigenvalue weighted by Gasteiger charge is -2.10. The Hall–Kier alpha value is -4.42. The Kier molecular flexibility index (Phi) is 5.81. The summed E-state index contributed by atoms with van der Waals surface area (Å²) in [4.78, 5) is 33.7. The summed E-state index contributed by atoms with van der Waals surface area (Å²) in [6, 6.07) is 22.8. The van der Waals surface area contributed by atoms with Crippen LogP contribution in [0.4, 0.5) is 5.69 Å². The van der Waals surface area contributed by atoms with Gasteiger partial charge in [-0.15, -0.1) is 0 Å². The minimum atomic E-state index is -0.788. The van der Waals surface area contributed by atoms with Gasteiger partial charge in [-0.1, -0.05) is 77.8 Å². The zero-order valence-corrected chi connectivity index (χ0v) is 19.4. The number of H-pyrrole nitrogens is 2. The Balaban J connectivity index is 1.75. The van der Waals surface area contributed by atoms with Crippen LogP contribution >= 0.6 is 11.6 Å². The fourth-order valence-corrected chi connectivity index (χ4v) is 4.23. The first kappa shape index (κ1) is 22.4. The third-order valence-corrected chi connectivity index (χ3v) is 5.99. The summed E-state index contributed by atoms with van der Waals surface area (Å²) in [5.74, 6) is -0.516. The molecule has 0 atom stereocenters. The maximum absolute atomic E-state index is 12.7. The number of hydrogen-bond donors (Lipinski definition) is 3. The fourth-order valence-electron chi connectivity index (χ4n) is 4.10. The zero-order valence-electron chi connectivity index (χ0n) is 18.7. The number of rotatable bonds is 4. The van der Waals surface area contributed by atoms with E-state index in [1.807, 2.05) is 55.5 Å². The molecular formula is C28H20ClN3O3. The minimum absolute atomic E-state index is 0.0514. The van der Waals surface area contributed by atoms with E-state index in [-0.39, 0.29) is 5.56 Å². The highest BCUT2D eigenvalue weighted by Crippen LogP contribution is 2.38. The van der Waals surface area contributed by atoms with Gasteiger partial charge in [-0.05, 0) is 42.3 Å². The van der Waals surface area contributed by atoms with E-state index in [1.54, 1.807) is 30.3 Å². The van der Waals surface area contributed by atoms with Gasteiger partial charge in [0.2, 0.25) is 5.88 Å². The van der Waals surface area contributed by atoms with E-state index in [9.17, 15) is 14.7 Å². The molecule has 172 valence electrons. The van der Waals surface area contributed by atoms with E-state index in [2.05, 4.69) is 16.0 Å². The molecule has 0 fully saturated rings. The van der Waals surface area contributed by atoms with Crippen molar-refractivity contribution in [1.82, 2.24) is 9.97 Å². The molecule has 0 saturated heterocycles. The Labute approximate surface area is 205 Å². The standard InChI is InChI=1S/C28H20ClN3O3/c1-16-7-14-23-22(15-16)21(25(30-23)18-5-3-2-4-6-18)13-12-20(17-8-10-19(29)11-9-17)24-26(33)31-28(35)32-27(24)34/h2-15H,1H3,(H3,31,32,33,34,35)/b20-12+,21-13+. The van der Waals surface area contributed by atoms with Crippen molar-refractivity contribution in [2.24, 2.45) is 4.99 Å². The van der Waals surface area contributed by atoms with E-state index in [4.69, 9.17) is 16.6 Å². The number of allylic oxidation sites excluding steroid dienone is 3. The van der Waals surface area contributed by atoms with Crippen LogP contribution in [0.2, 0.25) is 5.02 Å². The molecule has 0 amide bonds. The SMILES string of the molecule is Cc1ccc2c(c1)/C(=C\C=C(/c1ccc(Cl)cc1)c1c(O)[nH]c(=O)[nH]c1=O)C(c1ccccc1)=N2. The molecule has 3 N–H and O–H groups in total. The quantitative estimate of drug-likeness (QED) is 0.365. The summed E-state index contributed by atoms with van der Waals surface area (Å²) in [5, 5.41) is 11.0. The highest BCUT2D eigenvalue weighted by molar-refractivity contribution is 6.36. The van der Waals surface area contributed by atoms with Crippen molar-refractivity contribution in [2.75, 3.05) is 0 Å². The maximum Gasteiger partial charge on any atom is 0.328 e. The molecule has 7 heteroatoms. The summed E-state index contributed by atoms with van der Waals surface area (Å²) in [7, 11) is 0. The van der Waals surface area contributed by atoms with Gasteiger partial charge in [0.1, 0.15) is 5.56 Å². The number of nitrogens with zero attached hydrogens (tertiary/aromatic N) is 1. The third kappa shape index (κ3) is 4.39. The van der Waals surface area contributed by atoms with Gasteiger partial charge in [-0.3, -0.25) is 14.8 Å². The lowest BCUT2D eigenvalue weighted by Crippen LogP contribution is -2.24. The molecule has 0 unspecified atom stereocenters. The van der Waals surface area contributed by atoms with Crippen molar-refractivity contribution < 1.29 is 5.11 Å². The summed E-state index contributed by atoms with van der Waals surface area (Å²) in [6.07, 6.45) is 3.63. The van der Waals surface area contributed by atoms with Crippen LogP contribution in [0.5, 0.6) is 5.88 Å². The van der Waals surface area contributed by atoms with Gasteiger partial charge in [0.25, 0.3) is 5.56 Å². The first-order chi connectivity index (χ1) is 16.9. The van der Waals surface area contributed by atoms with Gasteiger partial charge >= 0.3 is 5.69 Å². The van der Waals surface area contributed by atoms with E-state index >= 15 is 0 Å². The molecule has 0 radical (unpaired) electrons. The van der Waals surface area contributed by atoms with E-state index < -0.39 is 17.1 Å². The summed E-state index contributed by atoms with van der Waals surface area (Å²) in [5.41, 5.74) is 5.06. The first-order valence-corrected chi connectivity index (χ1v) is 11.3. The number of aromatic nitrogens is 2. The Morgan fingerprint density at radius 2 is 1.71 bits per heavy atom. The molecule has 0 bridgehead atoms. The monoisotopic (exact) mass is 481 g/mol. The molecule has 0 aliphatic carbocycles. The third-order valence-electron chi connectivity index (χ3n) is 5.74. The normalized spacial score (nSPS) is 14.2. The molecule has 0 saturated carbocycles. The van der Waals surface area contributed by atoms with Crippen LogP contribution in [0.1, 0.15) is 27.8 Å². The summed E-state index contributed by atoms with van der Waals surface area (Å²) < 4.78 is 0. The van der Waals surface area contributed by atoms with Crippen molar-refractivity contribution in [1.29, 1.82) is 0 Å². The largest absolute Gasteiger partial charge is 0.494 e. The zero-order chi connectivity index (χ0) is 24.5. The fraction of sp³-hybridized carbons (Fsp3) is 0.0357. The molecular weight excluding hydrogens is 462 g/mol. The Bertz CT molecular complexity index is 1640. The topological polar surface area (TPSA) is 98.3 Å². The number of fused-ring (bicyclic) bond motifs is 1. The predicted octanol–water partition coefficient (Wildman–Crippen LogP) is 5.38. The van der Waals surface area contributed by atoms with Crippen molar-refractivity contribution in [3.63, 3.8) is 0 Å². The van der Waals surface area contributed by atoms with Crippen LogP contribution in [0, 0.1) is 6.92 Å². The summed E-state index contributed by atoms with van der Waals surface area (Å²) >= 11 is 6.07. The number of halogens is 1. The summed E-state index contributed by atoms with van der Waals surface area (Å²) in [6.45, 7) is 2.02. The van der Waals surface area contributed by atoms with Crippen molar-refractivity contribution in [2.45, 2.75) is 6.92 Å². The maximum atomic E-state index is 12.7. The molecule has 2 heterocycles. The molecule has 5 rings (SSSR count). The van der Waals surface area contributed by atoms with Crippen molar-refractivity contribution >= 4 is 34.1 Å². The number of aryl methyl sites for hydroxylation is 1. The molecule has 35 heavy (non-hydrogen) atoms. The highest BCUT2D eigenvalue weighted by atomic mass is 35.5. The number of benzene rings is 3. The predicted molar refractivity (Wildman–Crippen MR) is 140 cm³/mol. The van der Waals surface area contributed by atoms with Gasteiger partial charge < -0.3 is 5.11 Å². The number of aromatic hydroxyl groups is 1. The van der Waals surface area contributed by atoms with Crippen LogP contribution in [-0.4, -0.2) is 20.8 Å². The van der Waals surface area contributed by atoms with Gasteiger partial charge in [-0.25, -0.2) is 9.79 Å². The van der Waals surface area contributed by atoms with E-state index in [1.165, 1.54) is 0 Å². The number of hydrogen-bond acceptors (Lipinski definition) is 4. The number of nitrogens with one attached hydrogen (secondary N) is 2. The van der Waals surface area contributed by atoms with Crippen molar-refractivity contribution in [3.05, 3.63) is 139 Å². The second-order valence-electron chi connectivity index (χ2n) is 8.15. The molecule has 6 nitrogen and oxygen atoms in total.